The molecule has 1 heterocycles. The van der Waals surface area contributed by atoms with Gasteiger partial charge in [-0.1, -0.05) is 13.0 Å². The second-order valence-corrected chi connectivity index (χ2v) is 5.84. The molecule has 132 valence electrons. The van der Waals surface area contributed by atoms with Gasteiger partial charge in [0, 0.05) is 11.5 Å². The fourth-order valence-electron chi connectivity index (χ4n) is 3.14. The van der Waals surface area contributed by atoms with Crippen molar-refractivity contribution in [1.82, 2.24) is 0 Å². The first kappa shape index (κ1) is 17.0. The van der Waals surface area contributed by atoms with Crippen LogP contribution in [-0.2, 0) is 0 Å². The topological polar surface area (TPSA) is 74.2 Å². The van der Waals surface area contributed by atoms with E-state index >= 15 is 0 Å². The average Bonchev–Trinajstić information content (AvgIpc) is 2.97. The summed E-state index contributed by atoms with van der Waals surface area (Å²) in [5, 5.41) is 9.30. The lowest BCUT2D eigenvalue weighted by molar-refractivity contribution is 0.0696. The van der Waals surface area contributed by atoms with E-state index in [2.05, 4.69) is 0 Å². The lowest BCUT2D eigenvalue weighted by atomic mass is 9.91. The molecular formula is C19H20O6. The summed E-state index contributed by atoms with van der Waals surface area (Å²) in [6.45, 7) is 2.00. The zero-order valence-electron chi connectivity index (χ0n) is 14.5. The molecule has 0 amide bonds. The molecule has 2 unspecified atom stereocenters. The molecule has 0 aromatic heterocycles. The Morgan fingerprint density at radius 3 is 2.28 bits per heavy atom. The second-order valence-electron chi connectivity index (χ2n) is 5.84. The Kier molecular flexibility index (Phi) is 4.44. The van der Waals surface area contributed by atoms with Crippen LogP contribution in [0.1, 0.15) is 40.4 Å². The summed E-state index contributed by atoms with van der Waals surface area (Å²) in [7, 11) is 4.66. The minimum Gasteiger partial charge on any atom is -0.493 e. The first-order chi connectivity index (χ1) is 12.0. The molecule has 0 spiro atoms. The van der Waals surface area contributed by atoms with E-state index < -0.39 is 5.97 Å². The van der Waals surface area contributed by atoms with E-state index in [1.165, 1.54) is 13.2 Å². The number of benzene rings is 2. The standard InChI is InChI=1S/C19H20O6/c1-10-13-7-12(19(20)21)9-16(24-4)18(13)25-17(10)11-5-6-14(22-2)15(8-11)23-3/h5-10,17H,1-4H3,(H,20,21). The normalized spacial score (nSPS) is 18.2. The predicted molar refractivity (Wildman–Crippen MR) is 91.3 cm³/mol. The predicted octanol–water partition coefficient (Wildman–Crippen LogP) is 3.65. The van der Waals surface area contributed by atoms with Crippen molar-refractivity contribution in [1.29, 1.82) is 0 Å². The van der Waals surface area contributed by atoms with E-state index in [9.17, 15) is 9.90 Å². The summed E-state index contributed by atoms with van der Waals surface area (Å²) in [4.78, 5) is 11.4. The van der Waals surface area contributed by atoms with Crippen LogP contribution in [0.25, 0.3) is 0 Å². The van der Waals surface area contributed by atoms with Crippen LogP contribution in [0.5, 0.6) is 23.0 Å². The quantitative estimate of drug-likeness (QED) is 0.892. The molecule has 0 saturated heterocycles. The fourth-order valence-corrected chi connectivity index (χ4v) is 3.14. The lowest BCUT2D eigenvalue weighted by Gasteiger charge is -2.18. The van der Waals surface area contributed by atoms with Crippen molar-refractivity contribution in [3.8, 4) is 23.0 Å². The summed E-state index contributed by atoms with van der Waals surface area (Å²) in [5.74, 6) is 1.22. The molecule has 1 N–H and O–H groups in total. The van der Waals surface area contributed by atoms with Gasteiger partial charge in [0.2, 0.25) is 0 Å². The molecule has 0 fully saturated rings. The van der Waals surface area contributed by atoms with Gasteiger partial charge in [0.15, 0.2) is 23.0 Å². The minimum absolute atomic E-state index is 0.0405. The molecule has 2 aromatic carbocycles. The van der Waals surface area contributed by atoms with Crippen molar-refractivity contribution < 1.29 is 28.8 Å². The van der Waals surface area contributed by atoms with Gasteiger partial charge in [-0.25, -0.2) is 4.79 Å². The summed E-state index contributed by atoms with van der Waals surface area (Å²) >= 11 is 0. The number of methoxy groups -OCH3 is 3. The van der Waals surface area contributed by atoms with Crippen molar-refractivity contribution >= 4 is 5.97 Å². The first-order valence-corrected chi connectivity index (χ1v) is 7.84. The van der Waals surface area contributed by atoms with Crippen molar-refractivity contribution in [2.45, 2.75) is 18.9 Å². The molecule has 25 heavy (non-hydrogen) atoms. The molecular weight excluding hydrogens is 324 g/mol. The monoisotopic (exact) mass is 344 g/mol. The molecule has 2 aromatic rings. The van der Waals surface area contributed by atoms with Crippen molar-refractivity contribution in [3.05, 3.63) is 47.0 Å². The SMILES string of the molecule is COc1ccc(C2Oc3c(OC)cc(C(=O)O)cc3C2C)cc1OC. The largest absolute Gasteiger partial charge is 0.493 e. The van der Waals surface area contributed by atoms with Crippen LogP contribution in [0.3, 0.4) is 0 Å². The number of carboxylic acid groups (broad SMARTS) is 1. The third-order valence-electron chi connectivity index (χ3n) is 4.48. The molecule has 0 aliphatic carbocycles. The third kappa shape index (κ3) is 2.84. The second kappa shape index (κ2) is 6.55. The van der Waals surface area contributed by atoms with E-state index in [-0.39, 0.29) is 17.6 Å². The van der Waals surface area contributed by atoms with Gasteiger partial charge in [0.1, 0.15) is 6.10 Å². The van der Waals surface area contributed by atoms with E-state index in [0.717, 1.165) is 11.1 Å². The first-order valence-electron chi connectivity index (χ1n) is 7.84. The number of rotatable bonds is 5. The molecule has 0 bridgehead atoms. The van der Waals surface area contributed by atoms with Crippen molar-refractivity contribution in [3.63, 3.8) is 0 Å². The number of fused-ring (bicyclic) bond motifs is 1. The number of carboxylic acids is 1. The van der Waals surface area contributed by atoms with Crippen LogP contribution >= 0.6 is 0 Å². The number of aromatic carboxylic acids is 1. The zero-order valence-corrected chi connectivity index (χ0v) is 14.5. The van der Waals surface area contributed by atoms with Crippen LogP contribution in [0.4, 0.5) is 0 Å². The summed E-state index contributed by atoms with van der Waals surface area (Å²) in [5.41, 5.74) is 1.91. The third-order valence-corrected chi connectivity index (χ3v) is 4.48. The minimum atomic E-state index is -0.997. The van der Waals surface area contributed by atoms with Gasteiger partial charge < -0.3 is 24.1 Å². The maximum absolute atomic E-state index is 11.4. The number of carbonyl (C=O) groups is 1. The van der Waals surface area contributed by atoms with Gasteiger partial charge in [-0.3, -0.25) is 0 Å². The number of hydrogen-bond donors (Lipinski definition) is 1. The molecule has 6 heteroatoms. The fraction of sp³-hybridized carbons (Fsp3) is 0.316. The molecule has 3 rings (SSSR count). The van der Waals surface area contributed by atoms with Crippen LogP contribution < -0.4 is 18.9 Å². The van der Waals surface area contributed by atoms with Crippen LogP contribution in [-0.4, -0.2) is 32.4 Å². The Labute approximate surface area is 145 Å². The number of hydrogen-bond acceptors (Lipinski definition) is 5. The maximum atomic E-state index is 11.4. The smallest absolute Gasteiger partial charge is 0.335 e. The van der Waals surface area contributed by atoms with E-state index in [4.69, 9.17) is 18.9 Å². The van der Waals surface area contributed by atoms with Crippen molar-refractivity contribution in [2.75, 3.05) is 21.3 Å². The van der Waals surface area contributed by atoms with Gasteiger partial charge in [-0.05, 0) is 29.8 Å². The Morgan fingerprint density at radius 2 is 1.68 bits per heavy atom. The molecule has 2 atom stereocenters. The summed E-state index contributed by atoms with van der Waals surface area (Å²) in [6, 6.07) is 8.74. The summed E-state index contributed by atoms with van der Waals surface area (Å²) in [6.07, 6.45) is -0.271. The van der Waals surface area contributed by atoms with E-state index in [1.807, 2.05) is 25.1 Å². The van der Waals surface area contributed by atoms with E-state index in [1.54, 1.807) is 20.3 Å². The van der Waals surface area contributed by atoms with Crippen LogP contribution in [0.2, 0.25) is 0 Å². The maximum Gasteiger partial charge on any atom is 0.335 e. The van der Waals surface area contributed by atoms with Crippen LogP contribution in [0, 0.1) is 0 Å². The molecule has 0 radical (unpaired) electrons. The number of ether oxygens (including phenoxy) is 4. The Hall–Kier alpha value is -2.89. The highest BCUT2D eigenvalue weighted by Crippen LogP contribution is 2.51. The molecule has 1 aliphatic heterocycles. The molecule has 6 nitrogen and oxygen atoms in total. The lowest BCUT2D eigenvalue weighted by Crippen LogP contribution is -2.08. The van der Waals surface area contributed by atoms with Crippen molar-refractivity contribution in [2.24, 2.45) is 0 Å². The van der Waals surface area contributed by atoms with Gasteiger partial charge in [0.05, 0.1) is 26.9 Å². The van der Waals surface area contributed by atoms with Gasteiger partial charge in [-0.2, -0.15) is 0 Å². The van der Waals surface area contributed by atoms with E-state index in [0.29, 0.717) is 23.0 Å². The molecule has 1 aliphatic rings. The Balaban J connectivity index is 2.03. The zero-order chi connectivity index (χ0) is 18.1. The molecule has 0 saturated carbocycles. The highest BCUT2D eigenvalue weighted by atomic mass is 16.5. The summed E-state index contributed by atoms with van der Waals surface area (Å²) < 4.78 is 22.1. The Bertz CT molecular complexity index is 814. The van der Waals surface area contributed by atoms with Gasteiger partial charge in [-0.15, -0.1) is 0 Å². The highest BCUT2D eigenvalue weighted by Gasteiger charge is 2.36. The van der Waals surface area contributed by atoms with Crippen LogP contribution in [0.15, 0.2) is 30.3 Å². The van der Waals surface area contributed by atoms with Gasteiger partial charge >= 0.3 is 5.97 Å². The Morgan fingerprint density at radius 1 is 1.00 bits per heavy atom. The van der Waals surface area contributed by atoms with Gasteiger partial charge in [0.25, 0.3) is 0 Å². The highest BCUT2D eigenvalue weighted by molar-refractivity contribution is 5.89. The average molecular weight is 344 g/mol.